The molecular weight excluding hydrogens is 408 g/mol. The van der Waals surface area contributed by atoms with Gasteiger partial charge in [0, 0.05) is 17.5 Å². The van der Waals surface area contributed by atoms with Gasteiger partial charge in [0.15, 0.2) is 18.3 Å². The fourth-order valence-electron chi connectivity index (χ4n) is 2.81. The highest BCUT2D eigenvalue weighted by molar-refractivity contribution is 7.22. The van der Waals surface area contributed by atoms with E-state index in [1.54, 1.807) is 19.1 Å². The first-order chi connectivity index (χ1) is 14.5. The summed E-state index contributed by atoms with van der Waals surface area (Å²) in [7, 11) is 0. The van der Waals surface area contributed by atoms with Crippen molar-refractivity contribution in [3.05, 3.63) is 64.5 Å². The third-order valence-corrected chi connectivity index (χ3v) is 5.14. The Morgan fingerprint density at radius 2 is 1.97 bits per heavy atom. The molecule has 30 heavy (non-hydrogen) atoms. The zero-order valence-corrected chi connectivity index (χ0v) is 16.7. The average molecular weight is 424 g/mol. The molecule has 1 N–H and O–H groups in total. The zero-order chi connectivity index (χ0) is 21.1. The second kappa shape index (κ2) is 8.34. The number of ether oxygens (including phenoxy) is 2. The second-order valence-corrected chi connectivity index (χ2v) is 7.42. The number of benzene rings is 2. The van der Waals surface area contributed by atoms with Gasteiger partial charge in [0.1, 0.15) is 11.3 Å². The molecule has 2 aromatic heterocycles. The molecule has 0 atom stereocenters. The van der Waals surface area contributed by atoms with Gasteiger partial charge in [-0.05, 0) is 36.8 Å². The van der Waals surface area contributed by atoms with Gasteiger partial charge in [0.25, 0.3) is 5.91 Å². The summed E-state index contributed by atoms with van der Waals surface area (Å²) in [5, 5.41) is 3.81. The smallest absolute Gasteiger partial charge is 0.344 e. The molecule has 0 radical (unpaired) electrons. The quantitative estimate of drug-likeness (QED) is 0.374. The van der Waals surface area contributed by atoms with Crippen molar-refractivity contribution in [1.82, 2.24) is 4.98 Å². The Hall–Kier alpha value is -3.72. The Morgan fingerprint density at radius 1 is 1.13 bits per heavy atom. The van der Waals surface area contributed by atoms with Crippen molar-refractivity contribution < 1.29 is 23.5 Å². The van der Waals surface area contributed by atoms with E-state index in [4.69, 9.17) is 13.9 Å². The predicted octanol–water partition coefficient (Wildman–Crippen LogP) is 3.27. The number of carbonyl (C=O) groups excluding carboxylic acids is 2. The fourth-order valence-corrected chi connectivity index (χ4v) is 3.69. The summed E-state index contributed by atoms with van der Waals surface area (Å²) in [6, 6.07) is 13.8. The molecule has 152 valence electrons. The monoisotopic (exact) mass is 424 g/mol. The van der Waals surface area contributed by atoms with E-state index < -0.39 is 30.7 Å². The van der Waals surface area contributed by atoms with E-state index in [9.17, 15) is 14.4 Å². The van der Waals surface area contributed by atoms with Crippen LogP contribution in [0.5, 0.6) is 5.75 Å². The third kappa shape index (κ3) is 4.47. The van der Waals surface area contributed by atoms with Gasteiger partial charge < -0.3 is 13.9 Å². The molecule has 4 rings (SSSR count). The van der Waals surface area contributed by atoms with Crippen LogP contribution in [0.3, 0.4) is 0 Å². The highest BCUT2D eigenvalue weighted by atomic mass is 32.1. The van der Waals surface area contributed by atoms with Gasteiger partial charge in [-0.3, -0.25) is 10.1 Å². The van der Waals surface area contributed by atoms with E-state index in [0.29, 0.717) is 16.5 Å². The van der Waals surface area contributed by atoms with E-state index in [-0.39, 0.29) is 0 Å². The molecule has 0 fully saturated rings. The number of para-hydroxylation sites is 1. The van der Waals surface area contributed by atoms with Gasteiger partial charge in [-0.25, -0.2) is 14.6 Å². The summed E-state index contributed by atoms with van der Waals surface area (Å²) < 4.78 is 16.4. The largest absolute Gasteiger partial charge is 0.482 e. The molecule has 0 spiro atoms. The number of hydrogen-bond acceptors (Lipinski definition) is 8. The van der Waals surface area contributed by atoms with E-state index in [1.165, 1.54) is 23.5 Å². The minimum atomic E-state index is -0.708. The number of nitrogens with zero attached hydrogens (tertiary/aromatic N) is 1. The highest BCUT2D eigenvalue weighted by Gasteiger charge is 2.12. The lowest BCUT2D eigenvalue weighted by Gasteiger charge is -2.08. The lowest BCUT2D eigenvalue weighted by atomic mass is 10.1. The summed E-state index contributed by atoms with van der Waals surface area (Å²) in [5.41, 5.74) is 1.47. The molecule has 0 saturated carbocycles. The molecular formula is C21H16N2O6S. The highest BCUT2D eigenvalue weighted by Crippen LogP contribution is 2.25. The lowest BCUT2D eigenvalue weighted by Crippen LogP contribution is -2.23. The first-order valence-electron chi connectivity index (χ1n) is 8.96. The number of aryl methyl sites for hydroxylation is 1. The number of rotatable bonds is 6. The summed E-state index contributed by atoms with van der Waals surface area (Å²) >= 11 is 1.33. The van der Waals surface area contributed by atoms with Crippen molar-refractivity contribution in [2.45, 2.75) is 6.92 Å². The number of esters is 1. The van der Waals surface area contributed by atoms with Crippen LogP contribution in [0, 0.1) is 6.92 Å². The Balaban J connectivity index is 1.29. The molecule has 2 heterocycles. The number of hydrogen-bond donors (Lipinski definition) is 1. The molecule has 8 nitrogen and oxygen atoms in total. The number of thiazole rings is 1. The van der Waals surface area contributed by atoms with Gasteiger partial charge in [-0.2, -0.15) is 0 Å². The van der Waals surface area contributed by atoms with Crippen molar-refractivity contribution in [2.24, 2.45) is 0 Å². The van der Waals surface area contributed by atoms with Crippen LogP contribution in [-0.2, 0) is 14.3 Å². The number of carbonyl (C=O) groups is 2. The Labute approximate surface area is 174 Å². The Bertz CT molecular complexity index is 1280. The van der Waals surface area contributed by atoms with Crippen LogP contribution < -0.4 is 15.7 Å². The fraction of sp³-hybridized carbons (Fsp3) is 0.143. The predicted molar refractivity (Wildman–Crippen MR) is 112 cm³/mol. The van der Waals surface area contributed by atoms with Crippen LogP contribution in [0.2, 0.25) is 0 Å². The summed E-state index contributed by atoms with van der Waals surface area (Å²) in [4.78, 5) is 39.6. The molecule has 0 aliphatic rings. The van der Waals surface area contributed by atoms with Gasteiger partial charge in [-0.1, -0.05) is 23.5 Å². The topological polar surface area (TPSA) is 108 Å². The van der Waals surface area contributed by atoms with Gasteiger partial charge in [0.2, 0.25) is 0 Å². The summed E-state index contributed by atoms with van der Waals surface area (Å²) in [5.74, 6) is -0.863. The zero-order valence-electron chi connectivity index (χ0n) is 15.8. The van der Waals surface area contributed by atoms with Crippen LogP contribution in [0.25, 0.3) is 21.2 Å². The van der Waals surface area contributed by atoms with E-state index in [0.717, 1.165) is 21.2 Å². The van der Waals surface area contributed by atoms with E-state index >= 15 is 0 Å². The van der Waals surface area contributed by atoms with Gasteiger partial charge in [-0.15, -0.1) is 0 Å². The van der Waals surface area contributed by atoms with Crippen molar-refractivity contribution in [2.75, 3.05) is 18.5 Å². The first kappa shape index (κ1) is 19.6. The maximum Gasteiger partial charge on any atom is 0.344 e. The van der Waals surface area contributed by atoms with Crippen molar-refractivity contribution >= 4 is 49.5 Å². The number of aromatic nitrogens is 1. The van der Waals surface area contributed by atoms with Crippen LogP contribution in [-0.4, -0.2) is 30.1 Å². The molecule has 0 unspecified atom stereocenters. The van der Waals surface area contributed by atoms with Crippen LogP contribution >= 0.6 is 11.3 Å². The third-order valence-electron chi connectivity index (χ3n) is 4.18. The maximum atomic E-state index is 12.0. The van der Waals surface area contributed by atoms with E-state index in [1.807, 2.05) is 24.3 Å². The van der Waals surface area contributed by atoms with Gasteiger partial charge in [0.05, 0.1) is 10.2 Å². The Kier molecular flexibility index (Phi) is 5.44. The average Bonchev–Trinajstić information content (AvgIpc) is 3.12. The number of amides is 1. The van der Waals surface area contributed by atoms with Crippen molar-refractivity contribution in [3.8, 4) is 5.75 Å². The summed E-state index contributed by atoms with van der Waals surface area (Å²) in [6.45, 7) is 0.955. The minimum absolute atomic E-state index is 0.340. The molecule has 0 aliphatic carbocycles. The Morgan fingerprint density at radius 3 is 2.80 bits per heavy atom. The SMILES string of the molecule is Cc1cc(=O)oc2cc(OCC(=O)OCC(=O)Nc3nc4ccccc4s3)ccc12. The number of fused-ring (bicyclic) bond motifs is 2. The van der Waals surface area contributed by atoms with Crippen LogP contribution in [0.4, 0.5) is 5.13 Å². The van der Waals surface area contributed by atoms with Crippen LogP contribution in [0.1, 0.15) is 5.56 Å². The standard InChI is InChI=1S/C21H16N2O6S/c1-12-8-19(25)29-16-9-13(6-7-14(12)16)27-11-20(26)28-10-18(24)23-21-22-15-4-2-3-5-17(15)30-21/h2-9H,10-11H2,1H3,(H,22,23,24). The molecule has 1 amide bonds. The molecule has 2 aromatic carbocycles. The summed E-state index contributed by atoms with van der Waals surface area (Å²) in [6.07, 6.45) is 0. The molecule has 0 bridgehead atoms. The van der Waals surface area contributed by atoms with Crippen molar-refractivity contribution in [1.29, 1.82) is 0 Å². The molecule has 0 saturated heterocycles. The van der Waals surface area contributed by atoms with Gasteiger partial charge >= 0.3 is 11.6 Å². The van der Waals surface area contributed by atoms with Crippen LogP contribution in [0.15, 0.2) is 57.7 Å². The van der Waals surface area contributed by atoms with E-state index in [2.05, 4.69) is 10.3 Å². The molecule has 9 heteroatoms. The number of anilines is 1. The number of nitrogens with one attached hydrogen (secondary N) is 1. The first-order valence-corrected chi connectivity index (χ1v) is 9.78. The maximum absolute atomic E-state index is 12.0. The molecule has 4 aromatic rings. The normalized spacial score (nSPS) is 10.8. The molecule has 0 aliphatic heterocycles. The van der Waals surface area contributed by atoms with Crippen molar-refractivity contribution in [3.63, 3.8) is 0 Å². The second-order valence-electron chi connectivity index (χ2n) is 6.39. The lowest BCUT2D eigenvalue weighted by molar-refractivity contribution is -0.149. The minimum Gasteiger partial charge on any atom is -0.482 e.